The van der Waals surface area contributed by atoms with Gasteiger partial charge in [-0.25, -0.2) is 4.79 Å². The lowest BCUT2D eigenvalue weighted by atomic mass is 9.77. The minimum absolute atomic E-state index is 0.0596. The molecule has 48 heavy (non-hydrogen) atoms. The Balaban J connectivity index is 1.55. The molecule has 3 aliphatic rings. The van der Waals surface area contributed by atoms with Gasteiger partial charge in [-0.15, -0.1) is 6.58 Å². The SMILES string of the molecule is C=CCNC(=O)C(=O)C(CCC)NC(=O)[C@@H]1[C@@H]2[C@H](CN1C(=O)[C@@H](NC(=O)NC1(C(=O)c3ccccn3)CCCCC1)C(C)(C)C)C2(C)C. The van der Waals surface area contributed by atoms with E-state index in [1.54, 1.807) is 24.4 Å². The minimum Gasteiger partial charge on any atom is -0.346 e. The highest BCUT2D eigenvalue weighted by molar-refractivity contribution is 6.38. The van der Waals surface area contributed by atoms with Gasteiger partial charge in [0.15, 0.2) is 0 Å². The number of pyridine rings is 1. The number of likely N-dealkylation sites (tertiary alicyclic amines) is 1. The summed E-state index contributed by atoms with van der Waals surface area (Å²) < 4.78 is 0. The molecule has 1 saturated heterocycles. The number of nitrogens with zero attached hydrogens (tertiary/aromatic N) is 2. The fraction of sp³-hybridized carbons (Fsp3) is 0.639. The molecule has 4 N–H and O–H groups in total. The Morgan fingerprint density at radius 2 is 1.75 bits per heavy atom. The maximum absolute atomic E-state index is 14.4. The molecule has 1 aromatic rings. The molecule has 1 aliphatic heterocycles. The van der Waals surface area contributed by atoms with Crippen molar-refractivity contribution in [3.63, 3.8) is 0 Å². The highest BCUT2D eigenvalue weighted by Gasteiger charge is 2.70. The van der Waals surface area contributed by atoms with E-state index in [9.17, 15) is 28.8 Å². The third-order valence-electron chi connectivity index (χ3n) is 10.4. The van der Waals surface area contributed by atoms with E-state index >= 15 is 0 Å². The zero-order valence-corrected chi connectivity index (χ0v) is 29.2. The maximum atomic E-state index is 14.4. The van der Waals surface area contributed by atoms with Gasteiger partial charge >= 0.3 is 6.03 Å². The predicted octanol–water partition coefficient (Wildman–Crippen LogP) is 3.32. The summed E-state index contributed by atoms with van der Waals surface area (Å²) in [6.45, 7) is 15.4. The maximum Gasteiger partial charge on any atom is 0.316 e. The molecule has 12 heteroatoms. The number of aromatic nitrogens is 1. The Labute approximate surface area is 283 Å². The molecule has 262 valence electrons. The molecule has 0 spiro atoms. The van der Waals surface area contributed by atoms with Crippen LogP contribution in [0.1, 0.15) is 97.0 Å². The molecule has 0 bridgehead atoms. The van der Waals surface area contributed by atoms with Crippen LogP contribution >= 0.6 is 0 Å². The first kappa shape index (κ1) is 36.7. The fourth-order valence-electron chi connectivity index (χ4n) is 7.54. The van der Waals surface area contributed by atoms with Crippen molar-refractivity contribution in [1.29, 1.82) is 0 Å². The lowest BCUT2D eigenvalue weighted by Crippen LogP contribution is -2.64. The normalized spacial score (nSPS) is 23.5. The fourth-order valence-corrected chi connectivity index (χ4v) is 7.54. The first-order valence-electron chi connectivity index (χ1n) is 17.2. The number of hydrogen-bond donors (Lipinski definition) is 4. The number of ketones is 2. The molecule has 1 aromatic heterocycles. The molecule has 0 radical (unpaired) electrons. The summed E-state index contributed by atoms with van der Waals surface area (Å²) in [5, 5.41) is 11.1. The van der Waals surface area contributed by atoms with Gasteiger partial charge in [-0.3, -0.25) is 29.0 Å². The summed E-state index contributed by atoms with van der Waals surface area (Å²) in [6.07, 6.45) is 7.21. The number of Topliss-reactive ketones (excluding diaryl/α,β-unsaturated/α-hetero) is 2. The van der Waals surface area contributed by atoms with Crippen LogP contribution in [0, 0.1) is 22.7 Å². The van der Waals surface area contributed by atoms with Crippen LogP contribution in [0.25, 0.3) is 0 Å². The summed E-state index contributed by atoms with van der Waals surface area (Å²) in [5.74, 6) is -2.82. The number of hydrogen-bond acceptors (Lipinski definition) is 7. The van der Waals surface area contributed by atoms with Crippen LogP contribution in [0.15, 0.2) is 37.1 Å². The quantitative estimate of drug-likeness (QED) is 0.143. The Morgan fingerprint density at radius 3 is 2.33 bits per heavy atom. The average Bonchev–Trinajstić information content (AvgIpc) is 3.35. The van der Waals surface area contributed by atoms with E-state index in [4.69, 9.17) is 0 Å². The molecule has 2 aliphatic carbocycles. The number of nitrogens with one attached hydrogen (secondary N) is 4. The lowest BCUT2D eigenvalue weighted by Gasteiger charge is -2.40. The largest absolute Gasteiger partial charge is 0.346 e. The zero-order valence-electron chi connectivity index (χ0n) is 29.2. The highest BCUT2D eigenvalue weighted by atomic mass is 16.2. The molecule has 4 rings (SSSR count). The third kappa shape index (κ3) is 7.63. The van der Waals surface area contributed by atoms with Crippen molar-refractivity contribution in [2.45, 2.75) is 110 Å². The second-order valence-electron chi connectivity index (χ2n) is 15.2. The van der Waals surface area contributed by atoms with Gasteiger partial charge in [-0.1, -0.05) is 79.4 Å². The monoisotopic (exact) mass is 664 g/mol. The van der Waals surface area contributed by atoms with Crippen LogP contribution in [0.4, 0.5) is 4.79 Å². The van der Waals surface area contributed by atoms with Gasteiger partial charge in [-0.2, -0.15) is 0 Å². The first-order valence-corrected chi connectivity index (χ1v) is 17.2. The van der Waals surface area contributed by atoms with Crippen molar-refractivity contribution >= 4 is 35.3 Å². The third-order valence-corrected chi connectivity index (χ3v) is 10.4. The van der Waals surface area contributed by atoms with E-state index < -0.39 is 58.6 Å². The summed E-state index contributed by atoms with van der Waals surface area (Å²) in [4.78, 5) is 87.0. The van der Waals surface area contributed by atoms with Gasteiger partial charge in [0.2, 0.25) is 23.4 Å². The molecule has 5 atom stereocenters. The van der Waals surface area contributed by atoms with Gasteiger partial charge in [0.25, 0.3) is 5.91 Å². The van der Waals surface area contributed by atoms with Crippen molar-refractivity contribution < 1.29 is 28.8 Å². The number of urea groups is 1. The second kappa shape index (κ2) is 14.6. The average molecular weight is 665 g/mol. The van der Waals surface area contributed by atoms with Crippen LogP contribution in [0.3, 0.4) is 0 Å². The molecule has 1 unspecified atom stereocenters. The van der Waals surface area contributed by atoms with E-state index in [-0.39, 0.29) is 41.7 Å². The van der Waals surface area contributed by atoms with Crippen molar-refractivity contribution in [1.82, 2.24) is 31.2 Å². The van der Waals surface area contributed by atoms with Gasteiger partial charge < -0.3 is 26.2 Å². The highest BCUT2D eigenvalue weighted by Crippen LogP contribution is 2.65. The predicted molar refractivity (Wildman–Crippen MR) is 181 cm³/mol. The molecular weight excluding hydrogens is 612 g/mol. The minimum atomic E-state index is -1.15. The molecular formula is C36H52N6O6. The second-order valence-corrected chi connectivity index (χ2v) is 15.2. The number of carbonyl (C=O) groups is 6. The number of rotatable bonds is 13. The number of amides is 5. The van der Waals surface area contributed by atoms with E-state index in [1.807, 2.05) is 27.7 Å². The van der Waals surface area contributed by atoms with E-state index in [1.165, 1.54) is 11.0 Å². The van der Waals surface area contributed by atoms with Gasteiger partial charge in [-0.05, 0) is 54.1 Å². The number of carbonyl (C=O) groups excluding carboxylic acids is 6. The van der Waals surface area contributed by atoms with Gasteiger partial charge in [0.05, 0.1) is 6.04 Å². The van der Waals surface area contributed by atoms with E-state index in [0.29, 0.717) is 25.8 Å². The zero-order chi connectivity index (χ0) is 35.4. The molecule has 2 saturated carbocycles. The summed E-state index contributed by atoms with van der Waals surface area (Å²) in [7, 11) is 0. The molecule has 0 aromatic carbocycles. The molecule has 12 nitrogen and oxygen atoms in total. The molecule has 5 amide bonds. The molecule has 3 fully saturated rings. The topological polar surface area (TPSA) is 167 Å². The van der Waals surface area contributed by atoms with Gasteiger partial charge in [0, 0.05) is 19.3 Å². The number of piperidine rings is 1. The van der Waals surface area contributed by atoms with Crippen LogP contribution in [-0.4, -0.2) is 82.0 Å². The van der Waals surface area contributed by atoms with Crippen molar-refractivity contribution in [3.8, 4) is 0 Å². The Kier molecular flexibility index (Phi) is 11.2. The van der Waals surface area contributed by atoms with Crippen LogP contribution < -0.4 is 21.3 Å². The van der Waals surface area contributed by atoms with E-state index in [0.717, 1.165) is 19.3 Å². The Bertz CT molecular complexity index is 1410. The molecule has 2 heterocycles. The lowest BCUT2D eigenvalue weighted by molar-refractivity contribution is -0.145. The number of fused-ring (bicyclic) bond motifs is 1. The summed E-state index contributed by atoms with van der Waals surface area (Å²) >= 11 is 0. The summed E-state index contributed by atoms with van der Waals surface area (Å²) in [6, 6.07) is 1.50. The van der Waals surface area contributed by atoms with Crippen molar-refractivity contribution in [2.75, 3.05) is 13.1 Å². The first-order chi connectivity index (χ1) is 22.6. The van der Waals surface area contributed by atoms with Crippen molar-refractivity contribution in [2.24, 2.45) is 22.7 Å². The van der Waals surface area contributed by atoms with Crippen LogP contribution in [0.2, 0.25) is 0 Å². The Morgan fingerprint density at radius 1 is 1.06 bits per heavy atom. The Hall–Kier alpha value is -4.09. The van der Waals surface area contributed by atoms with E-state index in [2.05, 4.69) is 46.7 Å². The smallest absolute Gasteiger partial charge is 0.316 e. The van der Waals surface area contributed by atoms with Crippen LogP contribution in [0.5, 0.6) is 0 Å². The summed E-state index contributed by atoms with van der Waals surface area (Å²) in [5.41, 5.74) is -1.84. The standard InChI is InChI=1S/C36H52N6O6/c1-8-15-23(27(43)31(46)38-19-9-2)39-30(45)26-25-22(35(25,6)7)21-42(26)32(47)28(34(3,4)5)40-33(48)41-36(17-12-10-13-18-36)29(44)24-16-11-14-20-37-24/h9,11,14,16,20,22-23,25-26,28H,2,8,10,12-13,15,17-19,21H2,1,3-7H3,(H,38,46)(H,39,45)(H2,40,41,48)/t22-,23?,25-,26-,28+/m0/s1. The van der Waals surface area contributed by atoms with Crippen LogP contribution in [-0.2, 0) is 19.2 Å². The van der Waals surface area contributed by atoms with Gasteiger partial charge in [0.1, 0.15) is 23.3 Å². The van der Waals surface area contributed by atoms with Crippen molar-refractivity contribution in [3.05, 3.63) is 42.7 Å².